The molecule has 4 heteroatoms. The Kier molecular flexibility index (Phi) is 3.60. The molecule has 1 aliphatic heterocycles. The summed E-state index contributed by atoms with van der Waals surface area (Å²) in [5, 5.41) is 3.67. The molecule has 2 heterocycles. The highest BCUT2D eigenvalue weighted by atomic mass is 16.5. The predicted octanol–water partition coefficient (Wildman–Crippen LogP) is 3.68. The number of imidazole rings is 1. The van der Waals surface area contributed by atoms with Gasteiger partial charge in [-0.1, -0.05) is 36.4 Å². The molecule has 3 aromatic rings. The molecule has 0 aliphatic carbocycles. The lowest BCUT2D eigenvalue weighted by Gasteiger charge is -2.29. The number of ether oxygens (including phenoxy) is 1. The first-order valence-corrected chi connectivity index (χ1v) is 7.90. The van der Waals surface area contributed by atoms with Gasteiger partial charge in [0.2, 0.25) is 0 Å². The zero-order valence-corrected chi connectivity index (χ0v) is 13.1. The molecule has 116 valence electrons. The zero-order chi connectivity index (χ0) is 15.6. The third-order valence-corrected chi connectivity index (χ3v) is 4.30. The monoisotopic (exact) mass is 305 g/mol. The average molecular weight is 305 g/mol. The van der Waals surface area contributed by atoms with E-state index in [1.807, 2.05) is 43.6 Å². The van der Waals surface area contributed by atoms with Crippen molar-refractivity contribution >= 4 is 0 Å². The minimum atomic E-state index is 0.153. The van der Waals surface area contributed by atoms with Gasteiger partial charge < -0.3 is 14.6 Å². The molecule has 0 radical (unpaired) electrons. The van der Waals surface area contributed by atoms with E-state index in [1.54, 1.807) is 0 Å². The molecule has 2 aromatic carbocycles. The summed E-state index contributed by atoms with van der Waals surface area (Å²) in [4.78, 5) is 4.27. The predicted molar refractivity (Wildman–Crippen MR) is 89.8 cm³/mol. The van der Waals surface area contributed by atoms with Gasteiger partial charge in [-0.05, 0) is 19.1 Å². The van der Waals surface area contributed by atoms with E-state index in [2.05, 4.69) is 39.1 Å². The van der Waals surface area contributed by atoms with Crippen molar-refractivity contribution in [1.29, 1.82) is 0 Å². The fourth-order valence-electron chi connectivity index (χ4n) is 3.10. The van der Waals surface area contributed by atoms with Crippen LogP contribution in [0.25, 0.3) is 0 Å². The van der Waals surface area contributed by atoms with Crippen molar-refractivity contribution in [3.63, 3.8) is 0 Å². The van der Waals surface area contributed by atoms with Crippen molar-refractivity contribution in [2.24, 2.45) is 0 Å². The Bertz CT molecular complexity index is 779. The molecule has 0 saturated heterocycles. The smallest absolute Gasteiger partial charge is 0.132 e. The second-order valence-corrected chi connectivity index (χ2v) is 5.73. The lowest BCUT2D eigenvalue weighted by molar-refractivity contribution is 0.424. The van der Waals surface area contributed by atoms with Gasteiger partial charge >= 0.3 is 0 Å². The number of nitrogens with one attached hydrogen (secondary N) is 1. The van der Waals surface area contributed by atoms with E-state index < -0.39 is 0 Å². The summed E-state index contributed by atoms with van der Waals surface area (Å²) in [6.45, 7) is 3.79. The van der Waals surface area contributed by atoms with Gasteiger partial charge in [-0.15, -0.1) is 0 Å². The Labute approximate surface area is 135 Å². The Morgan fingerprint density at radius 3 is 2.30 bits per heavy atom. The number of aromatic nitrogens is 2. The van der Waals surface area contributed by atoms with Crippen LogP contribution in [0.5, 0.6) is 11.5 Å². The number of aryl methyl sites for hydroxylation is 1. The van der Waals surface area contributed by atoms with Gasteiger partial charge in [0, 0.05) is 36.6 Å². The third kappa shape index (κ3) is 2.62. The van der Waals surface area contributed by atoms with Crippen LogP contribution in [0.4, 0.5) is 0 Å². The number of rotatable bonds is 4. The minimum absolute atomic E-state index is 0.153. The number of hydrogen-bond acceptors (Lipinski definition) is 3. The lowest BCUT2D eigenvalue weighted by Crippen LogP contribution is -2.28. The van der Waals surface area contributed by atoms with E-state index in [9.17, 15) is 0 Å². The van der Waals surface area contributed by atoms with Crippen LogP contribution < -0.4 is 10.1 Å². The molecule has 0 saturated carbocycles. The third-order valence-electron chi connectivity index (χ3n) is 4.30. The standard InChI is InChI=1S/C19H19N3O/c1-14-20-10-12-22(14)13-11-21-19-15-6-2-4-8-17(15)23-18-9-5-3-7-16(18)19/h2-10,12,19,21H,11,13H2,1H3. The summed E-state index contributed by atoms with van der Waals surface area (Å²) >= 11 is 0. The molecule has 0 amide bonds. The summed E-state index contributed by atoms with van der Waals surface area (Å²) in [6, 6.07) is 16.6. The van der Waals surface area contributed by atoms with Crippen LogP contribution in [0.15, 0.2) is 60.9 Å². The first-order valence-electron chi connectivity index (χ1n) is 7.90. The molecule has 1 aliphatic rings. The highest BCUT2D eigenvalue weighted by Gasteiger charge is 2.26. The van der Waals surface area contributed by atoms with Crippen molar-refractivity contribution in [1.82, 2.24) is 14.9 Å². The number of fused-ring (bicyclic) bond motifs is 2. The van der Waals surface area contributed by atoms with Crippen LogP contribution in [-0.2, 0) is 6.54 Å². The maximum Gasteiger partial charge on any atom is 0.132 e. The lowest BCUT2D eigenvalue weighted by atomic mass is 9.94. The van der Waals surface area contributed by atoms with E-state index in [-0.39, 0.29) is 6.04 Å². The summed E-state index contributed by atoms with van der Waals surface area (Å²) in [7, 11) is 0. The normalized spacial score (nSPS) is 13.3. The fourth-order valence-corrected chi connectivity index (χ4v) is 3.10. The SMILES string of the molecule is Cc1nccn1CCNC1c2ccccc2Oc2ccccc21. The number of nitrogens with zero attached hydrogens (tertiary/aromatic N) is 2. The molecule has 0 fully saturated rings. The van der Waals surface area contributed by atoms with Gasteiger partial charge in [0.15, 0.2) is 0 Å². The van der Waals surface area contributed by atoms with Gasteiger partial charge in [-0.25, -0.2) is 4.98 Å². The minimum Gasteiger partial charge on any atom is -0.457 e. The van der Waals surface area contributed by atoms with Crippen molar-refractivity contribution in [3.05, 3.63) is 77.9 Å². The summed E-state index contributed by atoms with van der Waals surface area (Å²) in [5.74, 6) is 2.91. The molecule has 0 unspecified atom stereocenters. The van der Waals surface area contributed by atoms with Crippen LogP contribution in [0.2, 0.25) is 0 Å². The highest BCUT2D eigenvalue weighted by molar-refractivity contribution is 5.52. The second-order valence-electron chi connectivity index (χ2n) is 5.73. The maximum absolute atomic E-state index is 6.02. The molecule has 4 rings (SSSR count). The van der Waals surface area contributed by atoms with Crippen LogP contribution >= 0.6 is 0 Å². The van der Waals surface area contributed by atoms with Crippen molar-refractivity contribution < 1.29 is 4.74 Å². The summed E-state index contributed by atoms with van der Waals surface area (Å²) < 4.78 is 8.18. The van der Waals surface area contributed by atoms with Crippen molar-refractivity contribution in [3.8, 4) is 11.5 Å². The Hall–Kier alpha value is -2.59. The number of para-hydroxylation sites is 2. The average Bonchev–Trinajstić information content (AvgIpc) is 2.99. The highest BCUT2D eigenvalue weighted by Crippen LogP contribution is 2.42. The van der Waals surface area contributed by atoms with E-state index in [4.69, 9.17) is 4.74 Å². The van der Waals surface area contributed by atoms with Gasteiger partial charge in [0.25, 0.3) is 0 Å². The van der Waals surface area contributed by atoms with Crippen LogP contribution in [0, 0.1) is 6.92 Å². The van der Waals surface area contributed by atoms with Gasteiger partial charge in [0.05, 0.1) is 6.04 Å². The molecule has 4 nitrogen and oxygen atoms in total. The summed E-state index contributed by atoms with van der Waals surface area (Å²) in [5.41, 5.74) is 2.38. The molecule has 1 N–H and O–H groups in total. The van der Waals surface area contributed by atoms with Crippen molar-refractivity contribution in [2.75, 3.05) is 6.54 Å². The van der Waals surface area contributed by atoms with E-state index in [0.29, 0.717) is 0 Å². The Balaban J connectivity index is 1.59. The quantitative estimate of drug-likeness (QED) is 0.799. The van der Waals surface area contributed by atoms with E-state index in [0.717, 1.165) is 30.4 Å². The van der Waals surface area contributed by atoms with Crippen LogP contribution in [-0.4, -0.2) is 16.1 Å². The van der Waals surface area contributed by atoms with Crippen molar-refractivity contribution in [2.45, 2.75) is 19.5 Å². The van der Waals surface area contributed by atoms with Gasteiger partial charge in [0.1, 0.15) is 17.3 Å². The summed E-state index contributed by atoms with van der Waals surface area (Å²) in [6.07, 6.45) is 3.86. The molecule has 0 spiro atoms. The van der Waals surface area contributed by atoms with Gasteiger partial charge in [-0.3, -0.25) is 0 Å². The molecule has 1 aromatic heterocycles. The van der Waals surface area contributed by atoms with E-state index in [1.165, 1.54) is 11.1 Å². The number of benzene rings is 2. The topological polar surface area (TPSA) is 39.1 Å². The maximum atomic E-state index is 6.02. The van der Waals surface area contributed by atoms with Crippen LogP contribution in [0.3, 0.4) is 0 Å². The molecular weight excluding hydrogens is 286 g/mol. The van der Waals surface area contributed by atoms with Crippen LogP contribution in [0.1, 0.15) is 23.0 Å². The second kappa shape index (κ2) is 5.89. The van der Waals surface area contributed by atoms with E-state index >= 15 is 0 Å². The first kappa shape index (κ1) is 14.0. The molecule has 0 atom stereocenters. The molecular formula is C19H19N3O. The fraction of sp³-hybridized carbons (Fsp3) is 0.211. The molecule has 23 heavy (non-hydrogen) atoms. The zero-order valence-electron chi connectivity index (χ0n) is 13.1. The first-order chi connectivity index (χ1) is 11.3. The van der Waals surface area contributed by atoms with Gasteiger partial charge in [-0.2, -0.15) is 0 Å². The molecule has 0 bridgehead atoms. The Morgan fingerprint density at radius 2 is 1.70 bits per heavy atom. The Morgan fingerprint density at radius 1 is 1.04 bits per heavy atom. The number of hydrogen-bond donors (Lipinski definition) is 1. The largest absolute Gasteiger partial charge is 0.457 e.